The molecule has 4 aromatic carbocycles. The van der Waals surface area contributed by atoms with Crippen molar-refractivity contribution in [3.05, 3.63) is 125 Å². The smallest absolute Gasteiger partial charge is 0.355 e. The molecule has 70 heavy (non-hydrogen) atoms. The monoisotopic (exact) mass is 959 g/mol. The number of carbonyl (C=O) groups excluding carboxylic acids is 3. The third-order valence-corrected chi connectivity index (χ3v) is 15.4. The largest absolute Gasteiger partial charge is 0.493 e. The molecule has 4 N–H and O–H groups in total. The van der Waals surface area contributed by atoms with Gasteiger partial charge < -0.3 is 25.4 Å². The lowest BCUT2D eigenvalue weighted by Crippen LogP contribution is -2.46. The van der Waals surface area contributed by atoms with Crippen LogP contribution in [-0.2, 0) is 40.9 Å². The van der Waals surface area contributed by atoms with E-state index < -0.39 is 11.9 Å². The lowest BCUT2D eigenvalue weighted by Gasteiger charge is -2.35. The van der Waals surface area contributed by atoms with E-state index in [9.17, 15) is 24.3 Å². The van der Waals surface area contributed by atoms with Crippen LogP contribution in [0, 0.1) is 12.8 Å². The molecular formula is C54H57N9O6S. The summed E-state index contributed by atoms with van der Waals surface area (Å²) in [6.07, 6.45) is 5.40. The fraction of sp³-hybridized carbons (Fsp3) is 0.352. The highest BCUT2D eigenvalue weighted by Crippen LogP contribution is 2.36. The fourth-order valence-electron chi connectivity index (χ4n) is 10.4. The van der Waals surface area contributed by atoms with Crippen molar-refractivity contribution in [2.45, 2.75) is 83.8 Å². The second kappa shape index (κ2) is 20.0. The molecule has 6 heterocycles. The van der Waals surface area contributed by atoms with Gasteiger partial charge in [0.15, 0.2) is 10.8 Å². The quantitative estimate of drug-likeness (QED) is 0.0567. The van der Waals surface area contributed by atoms with Gasteiger partial charge in [0.25, 0.3) is 0 Å². The Hall–Kier alpha value is -7.17. The predicted molar refractivity (Wildman–Crippen MR) is 272 cm³/mol. The van der Waals surface area contributed by atoms with E-state index in [1.165, 1.54) is 16.7 Å². The number of fused-ring (bicyclic) bond motifs is 3. The Morgan fingerprint density at radius 1 is 0.929 bits per heavy atom. The van der Waals surface area contributed by atoms with Crippen LogP contribution in [0.3, 0.4) is 0 Å². The predicted octanol–water partition coefficient (Wildman–Crippen LogP) is 8.84. The zero-order valence-electron chi connectivity index (χ0n) is 39.7. The highest BCUT2D eigenvalue weighted by Gasteiger charge is 2.32. The molecule has 3 aromatic heterocycles. The van der Waals surface area contributed by atoms with Crippen LogP contribution >= 0.6 is 11.3 Å². The van der Waals surface area contributed by atoms with Crippen LogP contribution in [0.1, 0.15) is 89.8 Å². The maximum Gasteiger partial charge on any atom is 0.355 e. The van der Waals surface area contributed by atoms with Gasteiger partial charge >= 0.3 is 5.97 Å². The molecule has 2 saturated heterocycles. The van der Waals surface area contributed by atoms with E-state index in [1.54, 1.807) is 16.0 Å². The number of nitrogens with one attached hydrogen (secondary N) is 3. The molecular weight excluding hydrogens is 903 g/mol. The van der Waals surface area contributed by atoms with Crippen LogP contribution in [0.4, 0.5) is 16.6 Å². The van der Waals surface area contributed by atoms with Gasteiger partial charge in [0, 0.05) is 49.7 Å². The van der Waals surface area contributed by atoms with Crippen LogP contribution < -0.4 is 25.6 Å². The number of carboxylic acid groups (broad SMARTS) is 1. The van der Waals surface area contributed by atoms with E-state index in [2.05, 4.69) is 55.1 Å². The third-order valence-electron chi connectivity index (χ3n) is 14.4. The van der Waals surface area contributed by atoms with Crippen LogP contribution in [0.2, 0.25) is 0 Å². The van der Waals surface area contributed by atoms with Crippen molar-refractivity contribution in [1.29, 1.82) is 0 Å². The topological polar surface area (TPSA) is 184 Å². The minimum Gasteiger partial charge on any atom is -0.493 e. The number of para-hydroxylation sites is 1. The maximum absolute atomic E-state index is 13.5. The Kier molecular flexibility index (Phi) is 13.3. The number of imide groups is 1. The van der Waals surface area contributed by atoms with Crippen molar-refractivity contribution in [2.75, 3.05) is 41.8 Å². The third kappa shape index (κ3) is 9.70. The number of pyridine rings is 1. The van der Waals surface area contributed by atoms with Gasteiger partial charge in [-0.2, -0.15) is 5.10 Å². The summed E-state index contributed by atoms with van der Waals surface area (Å²) in [6.45, 7) is 8.10. The lowest BCUT2D eigenvalue weighted by molar-refractivity contribution is -0.134. The van der Waals surface area contributed by atoms with Crippen molar-refractivity contribution in [3.63, 3.8) is 0 Å². The summed E-state index contributed by atoms with van der Waals surface area (Å²) >= 11 is 1.64. The summed E-state index contributed by atoms with van der Waals surface area (Å²) in [5.74, 6) is -0.343. The Bertz CT molecular complexity index is 3110. The van der Waals surface area contributed by atoms with E-state index in [1.807, 2.05) is 87.6 Å². The lowest BCUT2D eigenvalue weighted by atomic mass is 9.91. The highest BCUT2D eigenvalue weighted by molar-refractivity contribution is 7.22. The zero-order chi connectivity index (χ0) is 48.5. The summed E-state index contributed by atoms with van der Waals surface area (Å²) in [5, 5.41) is 25.9. The maximum atomic E-state index is 13.5. The van der Waals surface area contributed by atoms with E-state index in [0.717, 1.165) is 94.9 Å². The van der Waals surface area contributed by atoms with Crippen LogP contribution in [0.25, 0.3) is 32.2 Å². The molecule has 15 nitrogen and oxygen atoms in total. The highest BCUT2D eigenvalue weighted by atomic mass is 32.1. The first-order valence-corrected chi connectivity index (χ1v) is 25.1. The Morgan fingerprint density at radius 2 is 1.76 bits per heavy atom. The number of rotatable bonds is 15. The number of aryl methyl sites for hydroxylation is 1. The standard InChI is InChI=1S/C54H57N9O6S/c1-32-38(39-18-20-47(58-50(39)53(67)68)63-27-24-35-10-6-11-36(42(35)31-63)30-55-54-57-43-13-4-5-15-46(43)70-54)12-7-14-45(32)69-28-8-9-34-22-25-62(26-23-34)33(2)51(65)56-37-16-17-40-44(29-37)61(3)60-49(40)41-19-21-48(64)59-52(41)66/h4-7,10-18,20,29,33-34,41H,8-9,19,21-28,30-31H2,1-3H3,(H,55,57)(H,56,65)(H,67,68)(H,59,64,66)/t33-,41?/m1/s1. The number of ether oxygens (including phenoxy) is 1. The Balaban J connectivity index is 0.710. The molecule has 2 fully saturated rings. The molecule has 3 amide bonds. The van der Waals surface area contributed by atoms with Crippen LogP contribution in [0.15, 0.2) is 91.0 Å². The molecule has 0 bridgehead atoms. The molecule has 0 saturated carbocycles. The number of hydrogen-bond donors (Lipinski definition) is 4. The molecule has 3 aliphatic rings. The first-order valence-electron chi connectivity index (χ1n) is 24.2. The van der Waals surface area contributed by atoms with Gasteiger partial charge in [0.05, 0.1) is 40.0 Å². The average Bonchev–Trinajstić information content (AvgIpc) is 3.94. The molecule has 7 aromatic rings. The minimum absolute atomic E-state index is 0.0146. The van der Waals surface area contributed by atoms with Crippen LogP contribution in [-0.4, -0.2) is 85.7 Å². The molecule has 360 valence electrons. The number of piperidine rings is 2. The van der Waals surface area contributed by atoms with Crippen molar-refractivity contribution in [1.82, 2.24) is 30.0 Å². The molecule has 16 heteroatoms. The summed E-state index contributed by atoms with van der Waals surface area (Å²) < 4.78 is 9.22. The average molecular weight is 960 g/mol. The van der Waals surface area contributed by atoms with Crippen molar-refractivity contribution in [2.24, 2.45) is 13.0 Å². The summed E-state index contributed by atoms with van der Waals surface area (Å²) in [6, 6.07) is 29.5. The number of amides is 3. The first kappa shape index (κ1) is 46.6. The number of aromatic carboxylic acids is 1. The van der Waals surface area contributed by atoms with Crippen molar-refractivity contribution >= 4 is 72.8 Å². The van der Waals surface area contributed by atoms with Crippen molar-refractivity contribution in [3.8, 4) is 16.9 Å². The van der Waals surface area contributed by atoms with E-state index >= 15 is 0 Å². The molecule has 10 rings (SSSR count). The normalized spacial score (nSPS) is 17.1. The molecule has 1 unspecified atom stereocenters. The number of benzene rings is 4. The Labute approximate surface area is 410 Å². The van der Waals surface area contributed by atoms with Gasteiger partial charge in [0.2, 0.25) is 17.7 Å². The van der Waals surface area contributed by atoms with E-state index in [-0.39, 0.29) is 35.9 Å². The molecule has 0 radical (unpaired) electrons. The Morgan fingerprint density at radius 3 is 2.57 bits per heavy atom. The second-order valence-corrected chi connectivity index (χ2v) is 19.8. The number of anilines is 3. The number of hydrogen-bond acceptors (Lipinski definition) is 12. The fourth-order valence-corrected chi connectivity index (χ4v) is 11.2. The SMILES string of the molecule is Cc1c(OCCCC2CCN([C@H](C)C(=O)Nc3ccc4c(C5CCC(=O)NC5=O)nn(C)c4c3)CC2)cccc1-c1ccc(N2CCc3cccc(CNc4nc5ccccc5s4)c3C2)nc1C(=O)O. The molecule has 2 atom stereocenters. The number of thiazole rings is 1. The molecule has 0 aliphatic carbocycles. The summed E-state index contributed by atoms with van der Waals surface area (Å²) in [7, 11) is 1.81. The number of carbonyl (C=O) groups is 4. The van der Waals surface area contributed by atoms with E-state index in [0.29, 0.717) is 54.8 Å². The van der Waals surface area contributed by atoms with Gasteiger partial charge in [0.1, 0.15) is 11.6 Å². The minimum atomic E-state index is -1.08. The first-order chi connectivity index (χ1) is 34.0. The number of nitrogens with zero attached hydrogens (tertiary/aromatic N) is 6. The number of aromatic nitrogens is 4. The summed E-state index contributed by atoms with van der Waals surface area (Å²) in [4.78, 5) is 64.5. The van der Waals surface area contributed by atoms with Crippen LogP contribution in [0.5, 0.6) is 5.75 Å². The van der Waals surface area contributed by atoms with Crippen molar-refractivity contribution < 1.29 is 29.0 Å². The summed E-state index contributed by atoms with van der Waals surface area (Å²) in [5.41, 5.74) is 9.02. The van der Waals surface area contributed by atoms with E-state index in [4.69, 9.17) is 14.7 Å². The van der Waals surface area contributed by atoms with Gasteiger partial charge in [-0.1, -0.05) is 53.8 Å². The van der Waals surface area contributed by atoms with Gasteiger partial charge in [-0.25, -0.2) is 14.8 Å². The second-order valence-electron chi connectivity index (χ2n) is 18.7. The van der Waals surface area contributed by atoms with Gasteiger partial charge in [-0.3, -0.25) is 29.3 Å². The number of likely N-dealkylation sites (tertiary alicyclic amines) is 1. The van der Waals surface area contributed by atoms with Gasteiger partial charge in [-0.15, -0.1) is 0 Å². The van der Waals surface area contributed by atoms with Gasteiger partial charge in [-0.05, 0) is 148 Å². The molecule has 0 spiro atoms. The zero-order valence-corrected chi connectivity index (χ0v) is 40.5. The molecule has 3 aliphatic heterocycles. The number of carboxylic acids is 1.